The molecule has 1 aromatic heterocycles. The molecule has 0 saturated carbocycles. The molecule has 1 heterocycles. The topological polar surface area (TPSA) is 24.9 Å². The smallest absolute Gasteiger partial charge is 0.0541 e. The molecular weight excluding hydrogens is 220 g/mol. The van der Waals surface area contributed by atoms with Crippen LogP contribution in [0.15, 0.2) is 42.6 Å². The molecule has 18 heavy (non-hydrogen) atoms. The summed E-state index contributed by atoms with van der Waals surface area (Å²) in [6, 6.07) is 13.3. The predicted octanol–water partition coefficient (Wildman–Crippen LogP) is 3.17. The molecular formula is C16H18N2. The normalized spacial score (nSPS) is 17.7. The van der Waals surface area contributed by atoms with Crippen molar-refractivity contribution in [3.05, 3.63) is 65.0 Å². The summed E-state index contributed by atoms with van der Waals surface area (Å²) >= 11 is 0. The van der Waals surface area contributed by atoms with Crippen LogP contribution in [0.1, 0.15) is 34.8 Å². The lowest BCUT2D eigenvalue weighted by Gasteiger charge is -2.14. The number of hydrogen-bond acceptors (Lipinski definition) is 2. The molecule has 1 aliphatic rings. The van der Waals surface area contributed by atoms with Crippen LogP contribution >= 0.6 is 0 Å². The Morgan fingerprint density at radius 2 is 2.22 bits per heavy atom. The van der Waals surface area contributed by atoms with Crippen LogP contribution < -0.4 is 5.32 Å². The van der Waals surface area contributed by atoms with Gasteiger partial charge in [-0.05, 0) is 43.0 Å². The summed E-state index contributed by atoms with van der Waals surface area (Å²) in [7, 11) is 0. The maximum absolute atomic E-state index is 4.35. The molecule has 2 aromatic rings. The van der Waals surface area contributed by atoms with E-state index in [1.807, 2.05) is 18.3 Å². The lowest BCUT2D eigenvalue weighted by atomic mass is 10.1. The Morgan fingerprint density at radius 1 is 1.28 bits per heavy atom. The summed E-state index contributed by atoms with van der Waals surface area (Å²) in [6.07, 6.45) is 4.24. The highest BCUT2D eigenvalue weighted by molar-refractivity contribution is 5.37. The first-order valence-electron chi connectivity index (χ1n) is 6.55. The van der Waals surface area contributed by atoms with Crippen LogP contribution in [0.25, 0.3) is 0 Å². The van der Waals surface area contributed by atoms with Gasteiger partial charge >= 0.3 is 0 Å². The van der Waals surface area contributed by atoms with Crippen molar-refractivity contribution in [3.63, 3.8) is 0 Å². The molecule has 2 nitrogen and oxygen atoms in total. The van der Waals surface area contributed by atoms with Gasteiger partial charge in [-0.3, -0.25) is 4.98 Å². The Hall–Kier alpha value is -1.67. The highest BCUT2D eigenvalue weighted by atomic mass is 14.9. The zero-order valence-corrected chi connectivity index (χ0v) is 10.7. The van der Waals surface area contributed by atoms with Crippen molar-refractivity contribution in [1.29, 1.82) is 0 Å². The number of rotatable bonds is 3. The lowest BCUT2D eigenvalue weighted by molar-refractivity contribution is 0.525. The average Bonchev–Trinajstić information content (AvgIpc) is 2.80. The molecule has 0 spiro atoms. The second-order valence-corrected chi connectivity index (χ2v) is 5.00. The zero-order valence-electron chi connectivity index (χ0n) is 10.7. The molecule has 1 aromatic carbocycles. The number of hydrogen-bond donors (Lipinski definition) is 1. The third kappa shape index (κ3) is 2.29. The van der Waals surface area contributed by atoms with Crippen molar-refractivity contribution in [1.82, 2.24) is 10.3 Å². The summed E-state index contributed by atoms with van der Waals surface area (Å²) in [5, 5.41) is 3.62. The van der Waals surface area contributed by atoms with Gasteiger partial charge in [-0.25, -0.2) is 0 Å². The second-order valence-electron chi connectivity index (χ2n) is 5.00. The van der Waals surface area contributed by atoms with Gasteiger partial charge in [-0.15, -0.1) is 0 Å². The molecule has 92 valence electrons. The van der Waals surface area contributed by atoms with E-state index in [4.69, 9.17) is 0 Å². The molecule has 0 bridgehead atoms. The van der Waals surface area contributed by atoms with Gasteiger partial charge < -0.3 is 5.32 Å². The van der Waals surface area contributed by atoms with Crippen LogP contribution in [0.3, 0.4) is 0 Å². The molecule has 1 aliphatic carbocycles. The number of benzene rings is 1. The van der Waals surface area contributed by atoms with Gasteiger partial charge in [-0.2, -0.15) is 0 Å². The summed E-state index contributed by atoms with van der Waals surface area (Å²) < 4.78 is 0. The van der Waals surface area contributed by atoms with Crippen molar-refractivity contribution < 1.29 is 0 Å². The Bertz CT molecular complexity index is 534. The monoisotopic (exact) mass is 238 g/mol. The predicted molar refractivity (Wildman–Crippen MR) is 73.3 cm³/mol. The van der Waals surface area contributed by atoms with Gasteiger partial charge in [0.25, 0.3) is 0 Å². The molecule has 1 atom stereocenters. The van der Waals surface area contributed by atoms with Crippen molar-refractivity contribution >= 4 is 0 Å². The van der Waals surface area contributed by atoms with E-state index in [2.05, 4.69) is 41.5 Å². The molecule has 1 N–H and O–H groups in total. The van der Waals surface area contributed by atoms with E-state index in [1.54, 1.807) is 0 Å². The number of fused-ring (bicyclic) bond motifs is 1. The van der Waals surface area contributed by atoms with Gasteiger partial charge in [0.05, 0.1) is 5.69 Å². The van der Waals surface area contributed by atoms with Crippen LogP contribution in [0.5, 0.6) is 0 Å². The Morgan fingerprint density at radius 3 is 3.06 bits per heavy atom. The maximum Gasteiger partial charge on any atom is 0.0541 e. The van der Waals surface area contributed by atoms with Crippen molar-refractivity contribution in [2.45, 2.75) is 32.4 Å². The van der Waals surface area contributed by atoms with Crippen LogP contribution in [0.4, 0.5) is 0 Å². The third-order valence-corrected chi connectivity index (χ3v) is 3.63. The first-order chi connectivity index (χ1) is 8.83. The summed E-state index contributed by atoms with van der Waals surface area (Å²) in [5.74, 6) is 0. The van der Waals surface area contributed by atoms with Gasteiger partial charge in [-0.1, -0.05) is 29.8 Å². The van der Waals surface area contributed by atoms with Crippen LogP contribution in [0.2, 0.25) is 0 Å². The van der Waals surface area contributed by atoms with Crippen LogP contribution in [0, 0.1) is 6.92 Å². The molecule has 0 amide bonds. The average molecular weight is 238 g/mol. The SMILES string of the molecule is Cc1ccc2c(c1)C(NCc1ccccn1)CC2. The second kappa shape index (κ2) is 4.91. The Kier molecular flexibility index (Phi) is 3.11. The molecule has 0 fully saturated rings. The fraction of sp³-hybridized carbons (Fsp3) is 0.312. The minimum absolute atomic E-state index is 0.488. The number of pyridine rings is 1. The summed E-state index contributed by atoms with van der Waals surface area (Å²) in [6.45, 7) is 3.01. The minimum atomic E-state index is 0.488. The quantitative estimate of drug-likeness (QED) is 0.888. The van der Waals surface area contributed by atoms with E-state index < -0.39 is 0 Å². The first kappa shape index (κ1) is 11.4. The van der Waals surface area contributed by atoms with Crippen LogP contribution in [-0.2, 0) is 13.0 Å². The summed E-state index contributed by atoms with van der Waals surface area (Å²) in [5.41, 5.74) is 5.43. The van der Waals surface area contributed by atoms with Crippen LogP contribution in [-0.4, -0.2) is 4.98 Å². The van der Waals surface area contributed by atoms with E-state index in [-0.39, 0.29) is 0 Å². The van der Waals surface area contributed by atoms with Gasteiger partial charge in [0.1, 0.15) is 0 Å². The Balaban J connectivity index is 1.71. The number of aromatic nitrogens is 1. The van der Waals surface area contributed by atoms with E-state index in [9.17, 15) is 0 Å². The van der Waals surface area contributed by atoms with E-state index in [0.29, 0.717) is 6.04 Å². The van der Waals surface area contributed by atoms with E-state index in [1.165, 1.54) is 29.5 Å². The number of nitrogens with one attached hydrogen (secondary N) is 1. The largest absolute Gasteiger partial charge is 0.304 e. The molecule has 0 aliphatic heterocycles. The Labute approximate surface area is 108 Å². The highest BCUT2D eigenvalue weighted by Gasteiger charge is 2.21. The standard InChI is InChI=1S/C16H18N2/c1-12-5-6-13-7-8-16(15(13)10-12)18-11-14-4-2-3-9-17-14/h2-6,9-10,16,18H,7-8,11H2,1H3. The fourth-order valence-electron chi connectivity index (χ4n) is 2.66. The molecule has 1 unspecified atom stereocenters. The highest BCUT2D eigenvalue weighted by Crippen LogP contribution is 2.31. The maximum atomic E-state index is 4.35. The zero-order chi connectivity index (χ0) is 12.4. The van der Waals surface area contributed by atoms with Crippen molar-refractivity contribution in [2.75, 3.05) is 0 Å². The molecule has 2 heteroatoms. The lowest BCUT2D eigenvalue weighted by Crippen LogP contribution is -2.19. The van der Waals surface area contributed by atoms with E-state index >= 15 is 0 Å². The summed E-state index contributed by atoms with van der Waals surface area (Å²) in [4.78, 5) is 4.35. The number of aryl methyl sites for hydroxylation is 2. The molecule has 0 saturated heterocycles. The minimum Gasteiger partial charge on any atom is -0.304 e. The van der Waals surface area contributed by atoms with Gasteiger partial charge in [0.15, 0.2) is 0 Å². The van der Waals surface area contributed by atoms with Gasteiger partial charge in [0.2, 0.25) is 0 Å². The third-order valence-electron chi connectivity index (χ3n) is 3.63. The van der Waals surface area contributed by atoms with Crippen molar-refractivity contribution in [2.24, 2.45) is 0 Å². The fourth-order valence-corrected chi connectivity index (χ4v) is 2.66. The first-order valence-corrected chi connectivity index (χ1v) is 6.55. The number of nitrogens with zero attached hydrogens (tertiary/aromatic N) is 1. The molecule has 3 rings (SSSR count). The van der Waals surface area contributed by atoms with Gasteiger partial charge in [0, 0.05) is 18.8 Å². The van der Waals surface area contributed by atoms with E-state index in [0.717, 1.165) is 12.2 Å². The van der Waals surface area contributed by atoms with Crippen molar-refractivity contribution in [3.8, 4) is 0 Å². The molecule has 0 radical (unpaired) electrons.